The van der Waals surface area contributed by atoms with Crippen molar-refractivity contribution in [2.24, 2.45) is 0 Å². The molecule has 144 valence electrons. The van der Waals surface area contributed by atoms with Crippen molar-refractivity contribution in [2.45, 2.75) is 19.0 Å². The highest BCUT2D eigenvalue weighted by molar-refractivity contribution is 6.34. The van der Waals surface area contributed by atoms with Crippen LogP contribution in [-0.4, -0.2) is 41.2 Å². The van der Waals surface area contributed by atoms with Gasteiger partial charge in [0.25, 0.3) is 0 Å². The third-order valence-corrected chi connectivity index (χ3v) is 4.82. The van der Waals surface area contributed by atoms with Gasteiger partial charge in [-0.2, -0.15) is 4.98 Å². The Morgan fingerprint density at radius 1 is 1.30 bits per heavy atom. The van der Waals surface area contributed by atoms with Crippen LogP contribution in [0.15, 0.2) is 30.5 Å². The van der Waals surface area contributed by atoms with E-state index in [1.165, 1.54) is 12.1 Å². The van der Waals surface area contributed by atoms with E-state index in [4.69, 9.17) is 17.3 Å². The minimum Gasteiger partial charge on any atom is -0.371 e. The van der Waals surface area contributed by atoms with Crippen LogP contribution in [0.4, 0.5) is 20.4 Å². The molecule has 0 amide bonds. The fourth-order valence-corrected chi connectivity index (χ4v) is 3.30. The summed E-state index contributed by atoms with van der Waals surface area (Å²) < 4.78 is 29.0. The quantitative estimate of drug-likeness (QED) is 0.602. The second-order valence-corrected chi connectivity index (χ2v) is 6.73. The minimum atomic E-state index is -0.589. The highest BCUT2D eigenvalue weighted by atomic mass is 35.5. The van der Waals surface area contributed by atoms with Gasteiger partial charge in [-0.3, -0.25) is 0 Å². The zero-order valence-electron chi connectivity index (χ0n) is 15.1. The van der Waals surface area contributed by atoms with Gasteiger partial charge >= 0.3 is 0 Å². The normalized spacial score (nSPS) is 12.5. The number of nitrogens with one attached hydrogen (secondary N) is 1. The fraction of sp³-hybridized carbons (Fsp3) is 0.333. The lowest BCUT2D eigenvalue weighted by atomic mass is 10.1. The molecule has 3 rings (SSSR count). The van der Waals surface area contributed by atoms with Gasteiger partial charge in [-0.1, -0.05) is 11.6 Å². The summed E-state index contributed by atoms with van der Waals surface area (Å²) in [5, 5.41) is 4.31. The zero-order valence-corrected chi connectivity index (χ0v) is 15.8. The Morgan fingerprint density at radius 3 is 2.78 bits per heavy atom. The predicted octanol–water partition coefficient (Wildman–Crippen LogP) is 3.06. The molecule has 2 aromatic heterocycles. The summed E-state index contributed by atoms with van der Waals surface area (Å²) in [7, 11) is 3.63. The van der Waals surface area contributed by atoms with Crippen LogP contribution >= 0.6 is 11.6 Å². The van der Waals surface area contributed by atoms with Crippen molar-refractivity contribution >= 4 is 34.3 Å². The summed E-state index contributed by atoms with van der Waals surface area (Å²) >= 11 is 6.10. The third-order valence-electron chi connectivity index (χ3n) is 4.53. The lowest BCUT2D eigenvalue weighted by Crippen LogP contribution is -2.38. The zero-order chi connectivity index (χ0) is 19.6. The third kappa shape index (κ3) is 4.28. The molecule has 3 N–H and O–H groups in total. The molecule has 0 fully saturated rings. The Hall–Kier alpha value is -2.45. The maximum absolute atomic E-state index is 14.0. The first kappa shape index (κ1) is 19.3. The molecule has 0 spiro atoms. The number of aromatic nitrogens is 3. The van der Waals surface area contributed by atoms with Gasteiger partial charge < -0.3 is 20.5 Å². The maximum Gasteiger partial charge on any atom is 0.223 e. The van der Waals surface area contributed by atoms with Crippen LogP contribution in [0, 0.1) is 11.6 Å². The predicted molar refractivity (Wildman–Crippen MR) is 104 cm³/mol. The van der Waals surface area contributed by atoms with Crippen molar-refractivity contribution in [3.05, 3.63) is 47.2 Å². The number of likely N-dealkylation sites (N-methyl/N-ethyl adjacent to an activating group) is 2. The van der Waals surface area contributed by atoms with Crippen molar-refractivity contribution in [2.75, 3.05) is 31.3 Å². The molecule has 0 aliphatic heterocycles. The maximum atomic E-state index is 14.0. The van der Waals surface area contributed by atoms with Crippen LogP contribution in [0.3, 0.4) is 0 Å². The molecular weight excluding hydrogens is 374 g/mol. The summed E-state index contributed by atoms with van der Waals surface area (Å²) in [6, 6.07) is 5.51. The van der Waals surface area contributed by atoms with Crippen LogP contribution in [0.5, 0.6) is 0 Å². The summed E-state index contributed by atoms with van der Waals surface area (Å²) in [6.07, 6.45) is 2.65. The first-order chi connectivity index (χ1) is 12.9. The molecule has 0 aliphatic carbocycles. The van der Waals surface area contributed by atoms with Gasteiger partial charge in [0, 0.05) is 38.4 Å². The number of fused-ring (bicyclic) bond motifs is 1. The Kier molecular flexibility index (Phi) is 5.76. The Balaban J connectivity index is 1.69. The van der Waals surface area contributed by atoms with Crippen LogP contribution in [0.2, 0.25) is 5.15 Å². The Labute approximate surface area is 161 Å². The van der Waals surface area contributed by atoms with Gasteiger partial charge in [-0.15, -0.1) is 0 Å². The SMILES string of the molecule is CNC(CCn1ccc2c(Cl)nc(N)nc21)CN(C)c1ccc(F)cc1F. The Bertz CT molecular complexity index is 945. The number of hydrogen-bond acceptors (Lipinski definition) is 5. The van der Waals surface area contributed by atoms with E-state index < -0.39 is 11.6 Å². The molecule has 9 heteroatoms. The lowest BCUT2D eigenvalue weighted by Gasteiger charge is -2.26. The fourth-order valence-electron chi connectivity index (χ4n) is 3.07. The summed E-state index contributed by atoms with van der Waals surface area (Å²) in [5.74, 6) is -1.04. The Morgan fingerprint density at radius 2 is 2.07 bits per heavy atom. The van der Waals surface area contributed by atoms with E-state index in [9.17, 15) is 8.78 Å². The molecule has 1 unspecified atom stereocenters. The van der Waals surface area contributed by atoms with Crippen LogP contribution in [0.25, 0.3) is 11.0 Å². The number of nitrogens with zero attached hydrogens (tertiary/aromatic N) is 4. The molecule has 0 saturated carbocycles. The molecule has 0 bridgehead atoms. The topological polar surface area (TPSA) is 72.0 Å². The first-order valence-corrected chi connectivity index (χ1v) is 8.88. The van der Waals surface area contributed by atoms with Crippen molar-refractivity contribution in [3.63, 3.8) is 0 Å². The van der Waals surface area contributed by atoms with Gasteiger partial charge in [0.1, 0.15) is 22.4 Å². The number of benzene rings is 1. The van der Waals surface area contributed by atoms with Crippen LogP contribution < -0.4 is 16.0 Å². The molecule has 2 heterocycles. The van der Waals surface area contributed by atoms with Crippen LogP contribution in [-0.2, 0) is 6.54 Å². The smallest absolute Gasteiger partial charge is 0.223 e. The van der Waals surface area contributed by atoms with Crippen LogP contribution in [0.1, 0.15) is 6.42 Å². The number of nitrogen functional groups attached to an aromatic ring is 1. The molecule has 3 aromatic rings. The first-order valence-electron chi connectivity index (χ1n) is 8.50. The molecule has 6 nitrogen and oxygen atoms in total. The number of aryl methyl sites for hydroxylation is 1. The van der Waals surface area contributed by atoms with E-state index in [1.807, 2.05) is 23.9 Å². The van der Waals surface area contributed by atoms with Gasteiger partial charge in [-0.25, -0.2) is 13.8 Å². The number of rotatable bonds is 7. The summed E-state index contributed by atoms with van der Waals surface area (Å²) in [5.41, 5.74) is 6.73. The lowest BCUT2D eigenvalue weighted by molar-refractivity contribution is 0.481. The average Bonchev–Trinajstić information content (AvgIpc) is 3.01. The number of hydrogen-bond donors (Lipinski definition) is 2. The van der Waals surface area contributed by atoms with Crippen molar-refractivity contribution in [1.29, 1.82) is 0 Å². The molecule has 0 radical (unpaired) electrons. The number of halogens is 3. The highest BCUT2D eigenvalue weighted by Gasteiger charge is 2.15. The molecular formula is C18H21ClF2N6. The monoisotopic (exact) mass is 394 g/mol. The van der Waals surface area contributed by atoms with E-state index in [1.54, 1.807) is 11.9 Å². The number of anilines is 2. The molecule has 1 aromatic carbocycles. The van der Waals surface area contributed by atoms with E-state index in [0.717, 1.165) is 17.9 Å². The molecule has 1 atom stereocenters. The van der Waals surface area contributed by atoms with E-state index in [-0.39, 0.29) is 12.0 Å². The minimum absolute atomic E-state index is 0.0755. The molecule has 0 aliphatic rings. The van der Waals surface area contributed by atoms with Crippen molar-refractivity contribution < 1.29 is 8.78 Å². The highest BCUT2D eigenvalue weighted by Crippen LogP contribution is 2.23. The van der Waals surface area contributed by atoms with Gasteiger partial charge in [0.2, 0.25) is 5.95 Å². The van der Waals surface area contributed by atoms with E-state index >= 15 is 0 Å². The second-order valence-electron chi connectivity index (χ2n) is 6.37. The second kappa shape index (κ2) is 8.06. The average molecular weight is 395 g/mol. The van der Waals surface area contributed by atoms with Crippen molar-refractivity contribution in [1.82, 2.24) is 19.9 Å². The van der Waals surface area contributed by atoms with Gasteiger partial charge in [-0.05, 0) is 31.7 Å². The summed E-state index contributed by atoms with van der Waals surface area (Å²) in [6.45, 7) is 1.22. The van der Waals surface area contributed by atoms with Gasteiger partial charge in [0.15, 0.2) is 0 Å². The summed E-state index contributed by atoms with van der Waals surface area (Å²) in [4.78, 5) is 9.97. The largest absolute Gasteiger partial charge is 0.371 e. The van der Waals surface area contributed by atoms with E-state index in [2.05, 4.69) is 15.3 Å². The van der Waals surface area contributed by atoms with Crippen molar-refractivity contribution in [3.8, 4) is 0 Å². The standard InChI is InChI=1S/C18H21ClF2N6/c1-23-12(10-26(2)15-4-3-11(20)9-14(15)21)5-7-27-8-6-13-16(19)24-18(22)25-17(13)27/h3-4,6,8-9,12,23H,5,7,10H2,1-2H3,(H2,22,24,25). The number of nitrogens with two attached hydrogens (primary N) is 1. The molecule has 27 heavy (non-hydrogen) atoms. The van der Waals surface area contributed by atoms with E-state index in [0.29, 0.717) is 29.6 Å². The van der Waals surface area contributed by atoms with Gasteiger partial charge in [0.05, 0.1) is 11.1 Å². The molecule has 0 saturated heterocycles.